The Morgan fingerprint density at radius 3 is 2.44 bits per heavy atom. The van der Waals surface area contributed by atoms with Crippen LogP contribution in [0.3, 0.4) is 0 Å². The van der Waals surface area contributed by atoms with E-state index in [0.29, 0.717) is 0 Å². The van der Waals surface area contributed by atoms with E-state index in [1.165, 1.54) is 25.0 Å². The first-order valence-electron chi connectivity index (χ1n) is 4.98. The van der Waals surface area contributed by atoms with E-state index in [1.807, 2.05) is 0 Å². The van der Waals surface area contributed by atoms with Crippen molar-refractivity contribution in [2.45, 2.75) is 12.2 Å². The molecule has 1 rings (SSSR count). The second kappa shape index (κ2) is 5.61. The third kappa shape index (κ3) is 2.49. The number of carbonyl (C=O) groups is 2. The molecule has 2 atom stereocenters. The molecule has 0 aromatic carbocycles. The zero-order valence-corrected chi connectivity index (χ0v) is 10.2. The summed E-state index contributed by atoms with van der Waals surface area (Å²) < 4.78 is 9.99. The predicted molar refractivity (Wildman–Crippen MR) is 57.5 cm³/mol. The van der Waals surface area contributed by atoms with E-state index < -0.39 is 24.1 Å². The molecular formula is C10H14N2O6. The average Bonchev–Trinajstić information content (AvgIpc) is 2.76. The molecule has 2 unspecified atom stereocenters. The first-order valence-corrected chi connectivity index (χ1v) is 4.98. The predicted octanol–water partition coefficient (Wildman–Crippen LogP) is -1.23. The number of aromatic nitrogens is 2. The molecule has 0 saturated heterocycles. The van der Waals surface area contributed by atoms with Crippen LogP contribution in [0.5, 0.6) is 0 Å². The lowest BCUT2D eigenvalue weighted by Crippen LogP contribution is -2.30. The van der Waals surface area contributed by atoms with Crippen LogP contribution in [0.25, 0.3) is 0 Å². The second-order valence-electron chi connectivity index (χ2n) is 3.48. The fourth-order valence-electron chi connectivity index (χ4n) is 1.44. The Bertz CT molecular complexity index is 455. The zero-order valence-electron chi connectivity index (χ0n) is 10.2. The van der Waals surface area contributed by atoms with E-state index in [9.17, 15) is 19.8 Å². The summed E-state index contributed by atoms with van der Waals surface area (Å²) in [5, 5.41) is 23.1. The standard InChI is InChI=1S/C10H14N2O6/c1-12-6(9(15)17-2)5(4-11-12)7(13)8(14)10(16)18-3/h4,7-8,13-14H,1-3H3. The minimum Gasteiger partial charge on any atom is -0.467 e. The van der Waals surface area contributed by atoms with Crippen LogP contribution in [0.2, 0.25) is 0 Å². The Labute approximate surface area is 103 Å². The van der Waals surface area contributed by atoms with Crippen LogP contribution in [0.15, 0.2) is 6.20 Å². The van der Waals surface area contributed by atoms with Gasteiger partial charge in [-0.1, -0.05) is 0 Å². The molecule has 0 fully saturated rings. The van der Waals surface area contributed by atoms with Crippen molar-refractivity contribution in [1.29, 1.82) is 0 Å². The summed E-state index contributed by atoms with van der Waals surface area (Å²) in [5.41, 5.74) is -0.0600. The molecule has 0 bridgehead atoms. The van der Waals surface area contributed by atoms with Gasteiger partial charge in [0, 0.05) is 12.6 Å². The Hall–Kier alpha value is -1.93. The largest absolute Gasteiger partial charge is 0.467 e. The monoisotopic (exact) mass is 258 g/mol. The number of aliphatic hydroxyl groups excluding tert-OH is 2. The highest BCUT2D eigenvalue weighted by molar-refractivity contribution is 5.89. The topological polar surface area (TPSA) is 111 Å². The quantitative estimate of drug-likeness (QED) is 0.651. The number of esters is 2. The molecule has 1 aromatic heterocycles. The fraction of sp³-hybridized carbons (Fsp3) is 0.500. The van der Waals surface area contributed by atoms with E-state index in [2.05, 4.69) is 14.6 Å². The van der Waals surface area contributed by atoms with Crippen LogP contribution in [-0.4, -0.2) is 52.3 Å². The molecule has 18 heavy (non-hydrogen) atoms. The van der Waals surface area contributed by atoms with Gasteiger partial charge in [0.1, 0.15) is 6.10 Å². The van der Waals surface area contributed by atoms with Gasteiger partial charge in [0.05, 0.1) is 20.4 Å². The molecule has 8 heteroatoms. The normalized spacial score (nSPS) is 13.8. The van der Waals surface area contributed by atoms with Crippen molar-refractivity contribution in [2.24, 2.45) is 7.05 Å². The van der Waals surface area contributed by atoms with Crippen LogP contribution in [0, 0.1) is 0 Å². The van der Waals surface area contributed by atoms with Crippen molar-refractivity contribution in [3.63, 3.8) is 0 Å². The van der Waals surface area contributed by atoms with Crippen molar-refractivity contribution < 1.29 is 29.3 Å². The van der Waals surface area contributed by atoms with Gasteiger partial charge < -0.3 is 19.7 Å². The fourth-order valence-corrected chi connectivity index (χ4v) is 1.44. The second-order valence-corrected chi connectivity index (χ2v) is 3.48. The lowest BCUT2D eigenvalue weighted by Gasteiger charge is -2.15. The number of methoxy groups -OCH3 is 2. The molecule has 2 N–H and O–H groups in total. The number of rotatable bonds is 4. The van der Waals surface area contributed by atoms with Gasteiger partial charge in [-0.3, -0.25) is 4.68 Å². The summed E-state index contributed by atoms with van der Waals surface area (Å²) in [6, 6.07) is 0. The molecule has 0 radical (unpaired) electrons. The Kier molecular flexibility index (Phi) is 4.40. The summed E-state index contributed by atoms with van der Waals surface area (Å²) in [6.07, 6.45) is -2.26. The molecule has 1 heterocycles. The Balaban J connectivity index is 3.10. The summed E-state index contributed by atoms with van der Waals surface area (Å²) in [6.45, 7) is 0. The van der Waals surface area contributed by atoms with Gasteiger partial charge in [-0.2, -0.15) is 5.10 Å². The maximum Gasteiger partial charge on any atom is 0.356 e. The third-order valence-electron chi connectivity index (χ3n) is 2.41. The number of nitrogens with zero attached hydrogens (tertiary/aromatic N) is 2. The molecule has 0 aliphatic rings. The van der Waals surface area contributed by atoms with Gasteiger partial charge in [0.15, 0.2) is 11.8 Å². The number of hydrogen-bond acceptors (Lipinski definition) is 7. The minimum absolute atomic E-state index is 0.0118. The summed E-state index contributed by atoms with van der Waals surface area (Å²) >= 11 is 0. The third-order valence-corrected chi connectivity index (χ3v) is 2.41. The highest BCUT2D eigenvalue weighted by Gasteiger charge is 2.32. The smallest absolute Gasteiger partial charge is 0.356 e. The number of aliphatic hydroxyl groups is 2. The van der Waals surface area contributed by atoms with Gasteiger partial charge in [0.25, 0.3) is 0 Å². The number of hydrogen-bond donors (Lipinski definition) is 2. The zero-order chi connectivity index (χ0) is 13.9. The molecular weight excluding hydrogens is 244 g/mol. The van der Waals surface area contributed by atoms with Gasteiger partial charge in [-0.25, -0.2) is 9.59 Å². The SMILES string of the molecule is COC(=O)c1c(C(O)C(O)C(=O)OC)cnn1C. The molecule has 0 spiro atoms. The number of carbonyl (C=O) groups excluding carboxylic acids is 2. The number of aryl methyl sites for hydroxylation is 1. The van der Waals surface area contributed by atoms with E-state index in [-0.39, 0.29) is 11.3 Å². The van der Waals surface area contributed by atoms with Crippen LogP contribution in [-0.2, 0) is 21.3 Å². The Morgan fingerprint density at radius 1 is 1.33 bits per heavy atom. The molecule has 8 nitrogen and oxygen atoms in total. The maximum atomic E-state index is 11.5. The first kappa shape index (κ1) is 14.1. The molecule has 0 saturated carbocycles. The van der Waals surface area contributed by atoms with Crippen molar-refractivity contribution in [3.8, 4) is 0 Å². The van der Waals surface area contributed by atoms with Gasteiger partial charge in [0.2, 0.25) is 0 Å². The van der Waals surface area contributed by atoms with E-state index in [0.717, 1.165) is 7.11 Å². The van der Waals surface area contributed by atoms with Crippen molar-refractivity contribution in [1.82, 2.24) is 9.78 Å². The van der Waals surface area contributed by atoms with Crippen LogP contribution < -0.4 is 0 Å². The van der Waals surface area contributed by atoms with Crippen LogP contribution >= 0.6 is 0 Å². The van der Waals surface area contributed by atoms with Gasteiger partial charge >= 0.3 is 11.9 Å². The summed E-state index contributed by atoms with van der Waals surface area (Å²) in [5.74, 6) is -1.75. The summed E-state index contributed by atoms with van der Waals surface area (Å²) in [7, 11) is 3.71. The molecule has 0 aliphatic carbocycles. The van der Waals surface area contributed by atoms with Gasteiger partial charge in [-0.15, -0.1) is 0 Å². The minimum atomic E-state index is -1.80. The van der Waals surface area contributed by atoms with Crippen molar-refractivity contribution in [2.75, 3.05) is 14.2 Å². The highest BCUT2D eigenvalue weighted by atomic mass is 16.5. The lowest BCUT2D eigenvalue weighted by atomic mass is 10.1. The van der Waals surface area contributed by atoms with Crippen LogP contribution in [0.4, 0.5) is 0 Å². The molecule has 1 aromatic rings. The number of ether oxygens (including phenoxy) is 2. The molecule has 100 valence electrons. The molecule has 0 aliphatic heterocycles. The molecule has 0 amide bonds. The Morgan fingerprint density at radius 2 is 1.94 bits per heavy atom. The maximum absolute atomic E-state index is 11.5. The van der Waals surface area contributed by atoms with Gasteiger partial charge in [-0.05, 0) is 0 Å². The first-order chi connectivity index (χ1) is 8.43. The average molecular weight is 258 g/mol. The van der Waals surface area contributed by atoms with Crippen molar-refractivity contribution >= 4 is 11.9 Å². The van der Waals surface area contributed by atoms with E-state index >= 15 is 0 Å². The van der Waals surface area contributed by atoms with E-state index in [1.54, 1.807) is 0 Å². The van der Waals surface area contributed by atoms with Crippen molar-refractivity contribution in [3.05, 3.63) is 17.5 Å². The van der Waals surface area contributed by atoms with Crippen LogP contribution in [0.1, 0.15) is 22.2 Å². The highest BCUT2D eigenvalue weighted by Crippen LogP contribution is 2.22. The summed E-state index contributed by atoms with van der Waals surface area (Å²) in [4.78, 5) is 22.6. The lowest BCUT2D eigenvalue weighted by molar-refractivity contribution is -0.156. The van der Waals surface area contributed by atoms with E-state index in [4.69, 9.17) is 0 Å².